The number of carbonyl (C=O) groups is 1. The maximum atomic E-state index is 12.4. The molecule has 1 heterocycles. The molecule has 166 valence electrons. The van der Waals surface area contributed by atoms with E-state index in [9.17, 15) is 9.90 Å². The summed E-state index contributed by atoms with van der Waals surface area (Å²) >= 11 is 0. The van der Waals surface area contributed by atoms with Crippen molar-refractivity contribution in [2.45, 2.75) is 32.3 Å². The van der Waals surface area contributed by atoms with Crippen LogP contribution in [-0.4, -0.2) is 50.5 Å². The number of amides is 1. The van der Waals surface area contributed by atoms with Crippen LogP contribution in [0, 0.1) is 0 Å². The number of aliphatic hydroxyl groups excluding tert-OH is 1. The average Bonchev–Trinajstić information content (AvgIpc) is 2.73. The number of methoxy groups -OCH3 is 1. The molecular weight excluding hydrogens is 392 g/mol. The molecule has 0 bridgehead atoms. The van der Waals surface area contributed by atoms with Crippen LogP contribution in [0.5, 0.6) is 5.75 Å². The average molecular weight is 425 g/mol. The first-order chi connectivity index (χ1) is 14.8. The van der Waals surface area contributed by atoms with Crippen LogP contribution < -0.4 is 15.0 Å². The Morgan fingerprint density at radius 3 is 2.65 bits per heavy atom. The first-order valence-electron chi connectivity index (χ1n) is 10.5. The monoisotopic (exact) mass is 424 g/mol. The molecule has 0 fully saturated rings. The first kappa shape index (κ1) is 22.8. The van der Waals surface area contributed by atoms with E-state index in [0.29, 0.717) is 31.1 Å². The third-order valence-corrected chi connectivity index (χ3v) is 5.21. The quantitative estimate of drug-likeness (QED) is 0.661. The summed E-state index contributed by atoms with van der Waals surface area (Å²) in [5.41, 5.74) is 3.85. The molecule has 1 aliphatic rings. The number of aliphatic hydroxyl groups is 1. The van der Waals surface area contributed by atoms with Crippen molar-refractivity contribution in [1.29, 1.82) is 0 Å². The molecule has 2 aromatic rings. The van der Waals surface area contributed by atoms with Gasteiger partial charge in [0.25, 0.3) is 0 Å². The zero-order valence-electron chi connectivity index (χ0n) is 18.7. The summed E-state index contributed by atoms with van der Waals surface area (Å²) in [6, 6.07) is 13.7. The molecule has 2 aromatic carbocycles. The van der Waals surface area contributed by atoms with Gasteiger partial charge in [0.05, 0.1) is 25.4 Å². The fraction of sp³-hybridized carbons (Fsp3) is 0.400. The third kappa shape index (κ3) is 6.09. The van der Waals surface area contributed by atoms with E-state index in [0.717, 1.165) is 11.3 Å². The third-order valence-electron chi connectivity index (χ3n) is 5.21. The second-order valence-corrected chi connectivity index (χ2v) is 8.74. The highest BCUT2D eigenvalue weighted by atomic mass is 16.5. The van der Waals surface area contributed by atoms with Gasteiger partial charge < -0.3 is 24.8 Å². The molecule has 31 heavy (non-hydrogen) atoms. The van der Waals surface area contributed by atoms with Gasteiger partial charge in [0.2, 0.25) is 5.91 Å². The Morgan fingerprint density at radius 1 is 1.26 bits per heavy atom. The SMILES string of the molecule is COCC1CN(CCO)c2cc(NC(=O)C=Cc3ccc(C(C)(C)C)cc3)ccc2O1. The number of hydrogen-bond donors (Lipinski definition) is 2. The number of β-amino-alcohol motifs (C(OH)–C–C–N with tert-alkyl or cyclic N) is 1. The minimum atomic E-state index is -0.206. The second kappa shape index (κ2) is 9.98. The summed E-state index contributed by atoms with van der Waals surface area (Å²) in [5.74, 6) is 0.511. The van der Waals surface area contributed by atoms with E-state index in [-0.39, 0.29) is 24.0 Å². The summed E-state index contributed by atoms with van der Waals surface area (Å²) in [7, 11) is 1.64. The highest BCUT2D eigenvalue weighted by molar-refractivity contribution is 6.02. The van der Waals surface area contributed by atoms with Gasteiger partial charge in [0.15, 0.2) is 0 Å². The summed E-state index contributed by atoms with van der Waals surface area (Å²) in [6.07, 6.45) is 3.23. The van der Waals surface area contributed by atoms with Gasteiger partial charge in [-0.2, -0.15) is 0 Å². The second-order valence-electron chi connectivity index (χ2n) is 8.74. The van der Waals surface area contributed by atoms with E-state index in [1.807, 2.05) is 35.2 Å². The van der Waals surface area contributed by atoms with Gasteiger partial charge >= 0.3 is 0 Å². The zero-order chi connectivity index (χ0) is 22.4. The molecule has 0 spiro atoms. The summed E-state index contributed by atoms with van der Waals surface area (Å²) in [5, 5.41) is 12.3. The molecule has 0 radical (unpaired) electrons. The van der Waals surface area contributed by atoms with E-state index < -0.39 is 0 Å². The molecule has 1 aliphatic heterocycles. The van der Waals surface area contributed by atoms with Gasteiger partial charge in [-0.1, -0.05) is 45.0 Å². The van der Waals surface area contributed by atoms with Crippen LogP contribution in [-0.2, 0) is 14.9 Å². The van der Waals surface area contributed by atoms with Crippen molar-refractivity contribution >= 4 is 23.4 Å². The van der Waals surface area contributed by atoms with Crippen molar-refractivity contribution in [2.75, 3.05) is 43.6 Å². The lowest BCUT2D eigenvalue weighted by Gasteiger charge is -2.36. The fourth-order valence-electron chi connectivity index (χ4n) is 3.56. The summed E-state index contributed by atoms with van der Waals surface area (Å²) < 4.78 is 11.2. The molecule has 0 saturated heterocycles. The van der Waals surface area contributed by atoms with E-state index in [4.69, 9.17) is 9.47 Å². The van der Waals surface area contributed by atoms with Crippen LogP contribution in [0.3, 0.4) is 0 Å². The van der Waals surface area contributed by atoms with Crippen LogP contribution in [0.15, 0.2) is 48.5 Å². The van der Waals surface area contributed by atoms with Gasteiger partial charge in [-0.3, -0.25) is 4.79 Å². The van der Waals surface area contributed by atoms with Crippen molar-refractivity contribution in [3.05, 3.63) is 59.7 Å². The smallest absolute Gasteiger partial charge is 0.248 e. The molecule has 1 unspecified atom stereocenters. The number of carbonyl (C=O) groups excluding carboxylic acids is 1. The normalized spacial score (nSPS) is 16.2. The number of hydrogen-bond acceptors (Lipinski definition) is 5. The maximum Gasteiger partial charge on any atom is 0.248 e. The fourth-order valence-corrected chi connectivity index (χ4v) is 3.56. The Labute approximate surface area is 184 Å². The number of rotatable bonds is 7. The highest BCUT2D eigenvalue weighted by Gasteiger charge is 2.25. The standard InChI is InChI=1S/C25H32N2O4/c1-25(2,3)19-8-5-18(6-9-19)7-12-24(29)26-20-10-11-23-22(15-20)27(13-14-28)16-21(31-23)17-30-4/h5-12,15,21,28H,13-14,16-17H2,1-4H3,(H,26,29). The molecule has 1 amide bonds. The molecule has 6 nitrogen and oxygen atoms in total. The van der Waals surface area contributed by atoms with Crippen molar-refractivity contribution in [2.24, 2.45) is 0 Å². The predicted molar refractivity (Wildman–Crippen MR) is 125 cm³/mol. The Morgan fingerprint density at radius 2 is 2.00 bits per heavy atom. The first-order valence-corrected chi connectivity index (χ1v) is 10.5. The van der Waals surface area contributed by atoms with Crippen molar-refractivity contribution in [1.82, 2.24) is 0 Å². The highest BCUT2D eigenvalue weighted by Crippen LogP contribution is 2.35. The Bertz CT molecular complexity index is 916. The largest absolute Gasteiger partial charge is 0.484 e. The van der Waals surface area contributed by atoms with Crippen LogP contribution in [0.1, 0.15) is 31.9 Å². The lowest BCUT2D eigenvalue weighted by atomic mass is 9.87. The zero-order valence-corrected chi connectivity index (χ0v) is 18.7. The van der Waals surface area contributed by atoms with Gasteiger partial charge in [-0.15, -0.1) is 0 Å². The molecule has 0 saturated carbocycles. The molecule has 2 N–H and O–H groups in total. The van der Waals surface area contributed by atoms with Gasteiger partial charge in [0.1, 0.15) is 11.9 Å². The Balaban J connectivity index is 1.68. The van der Waals surface area contributed by atoms with Gasteiger partial charge in [-0.05, 0) is 40.8 Å². The van der Waals surface area contributed by atoms with Crippen molar-refractivity contribution in [3.63, 3.8) is 0 Å². The lowest BCUT2D eigenvalue weighted by Crippen LogP contribution is -2.43. The minimum absolute atomic E-state index is 0.0342. The lowest BCUT2D eigenvalue weighted by molar-refractivity contribution is -0.111. The number of anilines is 2. The molecule has 6 heteroatoms. The van der Waals surface area contributed by atoms with Crippen molar-refractivity contribution in [3.8, 4) is 5.75 Å². The Kier molecular flexibility index (Phi) is 7.36. The number of fused-ring (bicyclic) bond motifs is 1. The molecule has 0 aliphatic carbocycles. The summed E-state index contributed by atoms with van der Waals surface area (Å²) in [6.45, 7) is 8.13. The van der Waals surface area contributed by atoms with Crippen molar-refractivity contribution < 1.29 is 19.4 Å². The molecular formula is C25H32N2O4. The Hall–Kier alpha value is -2.83. The maximum absolute atomic E-state index is 12.4. The van der Waals surface area contributed by atoms with Crippen LogP contribution in [0.2, 0.25) is 0 Å². The van der Waals surface area contributed by atoms with Gasteiger partial charge in [-0.25, -0.2) is 0 Å². The summed E-state index contributed by atoms with van der Waals surface area (Å²) in [4.78, 5) is 14.5. The molecule has 3 rings (SSSR count). The number of ether oxygens (including phenoxy) is 2. The number of nitrogens with zero attached hydrogens (tertiary/aromatic N) is 1. The minimum Gasteiger partial charge on any atom is -0.484 e. The van der Waals surface area contributed by atoms with Crippen LogP contribution >= 0.6 is 0 Å². The van der Waals surface area contributed by atoms with E-state index in [1.54, 1.807) is 13.2 Å². The topological polar surface area (TPSA) is 71.0 Å². The van der Waals surface area contributed by atoms with E-state index in [1.165, 1.54) is 11.6 Å². The van der Waals surface area contributed by atoms with E-state index in [2.05, 4.69) is 38.2 Å². The van der Waals surface area contributed by atoms with Gasteiger partial charge in [0, 0.05) is 25.4 Å². The molecule has 0 aromatic heterocycles. The number of benzene rings is 2. The van der Waals surface area contributed by atoms with E-state index >= 15 is 0 Å². The van der Waals surface area contributed by atoms with Crippen LogP contribution in [0.25, 0.3) is 6.08 Å². The number of nitrogens with one attached hydrogen (secondary N) is 1. The molecule has 1 atom stereocenters. The predicted octanol–water partition coefficient (Wildman–Crippen LogP) is 3.84. The van der Waals surface area contributed by atoms with Crippen LogP contribution in [0.4, 0.5) is 11.4 Å².